The van der Waals surface area contributed by atoms with Gasteiger partial charge < -0.3 is 20.1 Å². The van der Waals surface area contributed by atoms with Crippen LogP contribution >= 0.6 is 12.4 Å². The van der Waals surface area contributed by atoms with Gasteiger partial charge in [-0.05, 0) is 24.6 Å². The van der Waals surface area contributed by atoms with E-state index in [4.69, 9.17) is 9.47 Å². The van der Waals surface area contributed by atoms with Crippen LogP contribution in [0.3, 0.4) is 0 Å². The molecule has 1 saturated heterocycles. The van der Waals surface area contributed by atoms with Crippen LogP contribution < -0.4 is 15.4 Å². The molecule has 1 amide bonds. The van der Waals surface area contributed by atoms with Crippen molar-refractivity contribution in [2.75, 3.05) is 32.1 Å². The molecule has 1 unspecified atom stereocenters. The lowest BCUT2D eigenvalue weighted by Crippen LogP contribution is -2.40. The van der Waals surface area contributed by atoms with Crippen LogP contribution in [-0.4, -0.2) is 38.8 Å². The van der Waals surface area contributed by atoms with Gasteiger partial charge in [-0.25, -0.2) is 0 Å². The third-order valence-electron chi connectivity index (χ3n) is 3.05. The summed E-state index contributed by atoms with van der Waals surface area (Å²) < 4.78 is 10.8. The molecule has 2 rings (SSSR count). The monoisotopic (exact) mass is 300 g/mol. The second-order valence-electron chi connectivity index (χ2n) is 4.65. The number of carbonyl (C=O) groups excluding carboxylic acids is 1. The number of morpholine rings is 1. The van der Waals surface area contributed by atoms with E-state index in [9.17, 15) is 4.79 Å². The molecule has 1 aliphatic heterocycles. The Kier molecular flexibility index (Phi) is 6.78. The number of carbonyl (C=O) groups is 1. The molecule has 0 bridgehead atoms. The minimum atomic E-state index is -0.0594. The number of ether oxygens (including phenoxy) is 2. The van der Waals surface area contributed by atoms with Gasteiger partial charge >= 0.3 is 0 Å². The first kappa shape index (κ1) is 16.8. The molecule has 0 aliphatic carbocycles. The molecule has 1 fully saturated rings. The van der Waals surface area contributed by atoms with Crippen LogP contribution in [0.5, 0.6) is 5.75 Å². The van der Waals surface area contributed by atoms with Crippen molar-refractivity contribution in [1.82, 2.24) is 5.32 Å². The van der Waals surface area contributed by atoms with Crippen molar-refractivity contribution < 1.29 is 14.3 Å². The van der Waals surface area contributed by atoms with Gasteiger partial charge in [-0.15, -0.1) is 12.4 Å². The highest BCUT2D eigenvalue weighted by molar-refractivity contribution is 5.92. The quantitative estimate of drug-likeness (QED) is 0.889. The minimum Gasteiger partial charge on any atom is -0.495 e. The van der Waals surface area contributed by atoms with Crippen molar-refractivity contribution in [3.8, 4) is 5.75 Å². The van der Waals surface area contributed by atoms with Crippen molar-refractivity contribution in [2.24, 2.45) is 0 Å². The van der Waals surface area contributed by atoms with Crippen molar-refractivity contribution in [1.29, 1.82) is 0 Å². The van der Waals surface area contributed by atoms with E-state index in [1.54, 1.807) is 7.11 Å². The molecule has 1 aliphatic rings. The number of halogens is 1. The Morgan fingerprint density at radius 2 is 2.35 bits per heavy atom. The van der Waals surface area contributed by atoms with E-state index in [2.05, 4.69) is 10.6 Å². The minimum absolute atomic E-state index is 0. The number of hydrogen-bond acceptors (Lipinski definition) is 4. The molecule has 2 N–H and O–H groups in total. The molecule has 0 spiro atoms. The first-order valence-electron chi connectivity index (χ1n) is 6.46. The number of rotatable bonds is 4. The van der Waals surface area contributed by atoms with E-state index in [-0.39, 0.29) is 24.4 Å². The van der Waals surface area contributed by atoms with Crippen molar-refractivity contribution in [3.63, 3.8) is 0 Å². The second-order valence-corrected chi connectivity index (χ2v) is 4.65. The Labute approximate surface area is 125 Å². The number of hydrogen-bond donors (Lipinski definition) is 2. The normalized spacial score (nSPS) is 18.0. The lowest BCUT2D eigenvalue weighted by atomic mass is 10.2. The lowest BCUT2D eigenvalue weighted by Gasteiger charge is -2.23. The summed E-state index contributed by atoms with van der Waals surface area (Å²) in [5.74, 6) is 0.617. The fourth-order valence-electron chi connectivity index (χ4n) is 2.06. The zero-order valence-corrected chi connectivity index (χ0v) is 12.6. The molecular weight excluding hydrogens is 280 g/mol. The van der Waals surface area contributed by atoms with Crippen LogP contribution in [0.4, 0.5) is 5.69 Å². The van der Waals surface area contributed by atoms with Gasteiger partial charge in [-0.1, -0.05) is 6.07 Å². The highest BCUT2D eigenvalue weighted by Gasteiger charge is 2.18. The maximum Gasteiger partial charge on any atom is 0.227 e. The van der Waals surface area contributed by atoms with Gasteiger partial charge in [0.25, 0.3) is 0 Å². The molecular formula is C14H21ClN2O3. The van der Waals surface area contributed by atoms with Gasteiger partial charge in [-0.3, -0.25) is 4.79 Å². The summed E-state index contributed by atoms with van der Waals surface area (Å²) in [4.78, 5) is 12.0. The first-order valence-corrected chi connectivity index (χ1v) is 6.46. The zero-order valence-electron chi connectivity index (χ0n) is 11.8. The SMILES string of the molecule is COc1cc(C)ccc1NC(=O)CC1CNCCO1.Cl. The molecule has 0 radical (unpaired) electrons. The van der Waals surface area contributed by atoms with Gasteiger partial charge in [0.2, 0.25) is 5.91 Å². The van der Waals surface area contributed by atoms with Crippen LogP contribution in [0.1, 0.15) is 12.0 Å². The highest BCUT2D eigenvalue weighted by Crippen LogP contribution is 2.25. The van der Waals surface area contributed by atoms with Gasteiger partial charge in [0.15, 0.2) is 0 Å². The molecule has 0 aromatic heterocycles. The summed E-state index contributed by atoms with van der Waals surface area (Å²) >= 11 is 0. The van der Waals surface area contributed by atoms with Crippen LogP contribution in [0, 0.1) is 6.92 Å². The van der Waals surface area contributed by atoms with E-state index in [1.165, 1.54) is 0 Å². The molecule has 6 heteroatoms. The fraction of sp³-hybridized carbons (Fsp3) is 0.500. The summed E-state index contributed by atoms with van der Waals surface area (Å²) in [6, 6.07) is 5.69. The third-order valence-corrected chi connectivity index (χ3v) is 3.05. The topological polar surface area (TPSA) is 59.6 Å². The summed E-state index contributed by atoms with van der Waals surface area (Å²) in [7, 11) is 1.60. The largest absolute Gasteiger partial charge is 0.495 e. The van der Waals surface area contributed by atoms with Gasteiger partial charge in [0.1, 0.15) is 5.75 Å². The third kappa shape index (κ3) is 4.67. The van der Waals surface area contributed by atoms with Gasteiger partial charge in [0, 0.05) is 13.1 Å². The molecule has 0 saturated carbocycles. The smallest absolute Gasteiger partial charge is 0.227 e. The second kappa shape index (κ2) is 8.09. The van der Waals surface area contributed by atoms with Crippen LogP contribution in [0.2, 0.25) is 0 Å². The Morgan fingerprint density at radius 1 is 1.55 bits per heavy atom. The molecule has 1 heterocycles. The van der Waals surface area contributed by atoms with Crippen LogP contribution in [0.15, 0.2) is 18.2 Å². The van der Waals surface area contributed by atoms with E-state index < -0.39 is 0 Å². The van der Waals surface area contributed by atoms with Crippen LogP contribution in [0.25, 0.3) is 0 Å². The fourth-order valence-corrected chi connectivity index (χ4v) is 2.06. The number of aryl methyl sites for hydroxylation is 1. The Hall–Kier alpha value is -1.30. The van der Waals surface area contributed by atoms with E-state index >= 15 is 0 Å². The maximum absolute atomic E-state index is 12.0. The molecule has 5 nitrogen and oxygen atoms in total. The Balaban J connectivity index is 0.00000200. The Bertz CT molecular complexity index is 448. The molecule has 112 valence electrons. The first-order chi connectivity index (χ1) is 9.19. The predicted octanol–water partition coefficient (Wildman–Crippen LogP) is 1.74. The standard InChI is InChI=1S/C14H20N2O3.ClH/c1-10-3-4-12(13(7-10)18-2)16-14(17)8-11-9-15-5-6-19-11;/h3-4,7,11,15H,5-6,8-9H2,1-2H3,(H,16,17);1H. The zero-order chi connectivity index (χ0) is 13.7. The summed E-state index contributed by atoms with van der Waals surface area (Å²) in [6.45, 7) is 4.21. The van der Waals surface area contributed by atoms with E-state index in [0.717, 1.165) is 18.7 Å². The van der Waals surface area contributed by atoms with Crippen molar-refractivity contribution in [3.05, 3.63) is 23.8 Å². The van der Waals surface area contributed by atoms with Gasteiger partial charge in [0.05, 0.1) is 31.9 Å². The van der Waals surface area contributed by atoms with E-state index in [1.807, 2.05) is 25.1 Å². The number of benzene rings is 1. The number of methoxy groups -OCH3 is 1. The molecule has 1 atom stereocenters. The van der Waals surface area contributed by atoms with Gasteiger partial charge in [-0.2, -0.15) is 0 Å². The molecule has 20 heavy (non-hydrogen) atoms. The average Bonchev–Trinajstić information content (AvgIpc) is 2.42. The van der Waals surface area contributed by atoms with Crippen LogP contribution in [-0.2, 0) is 9.53 Å². The average molecular weight is 301 g/mol. The highest BCUT2D eigenvalue weighted by atomic mass is 35.5. The van der Waals surface area contributed by atoms with E-state index in [0.29, 0.717) is 24.5 Å². The summed E-state index contributed by atoms with van der Waals surface area (Å²) in [5, 5.41) is 6.07. The predicted molar refractivity (Wildman–Crippen MR) is 80.8 cm³/mol. The number of amides is 1. The Morgan fingerprint density at radius 3 is 3.00 bits per heavy atom. The molecule has 1 aromatic carbocycles. The molecule has 1 aromatic rings. The number of nitrogens with one attached hydrogen (secondary N) is 2. The van der Waals surface area contributed by atoms with Crippen molar-refractivity contribution >= 4 is 24.0 Å². The maximum atomic E-state index is 12.0. The summed E-state index contributed by atoms with van der Waals surface area (Å²) in [5.41, 5.74) is 1.79. The summed E-state index contributed by atoms with van der Waals surface area (Å²) in [6.07, 6.45) is 0.300. The lowest BCUT2D eigenvalue weighted by molar-refractivity contribution is -0.119. The number of anilines is 1. The van der Waals surface area contributed by atoms with Crippen molar-refractivity contribution in [2.45, 2.75) is 19.4 Å².